The minimum Gasteiger partial charge on any atom is -0.395 e. The average Bonchev–Trinajstić information content (AvgIpc) is 2.38. The summed E-state index contributed by atoms with van der Waals surface area (Å²) in [6, 6.07) is 0. The van der Waals surface area contributed by atoms with Gasteiger partial charge in [0.1, 0.15) is 12.1 Å². The Labute approximate surface area is 101 Å². The Balaban J connectivity index is 2.28. The molecule has 2 N–H and O–H groups in total. The van der Waals surface area contributed by atoms with Crippen LogP contribution in [-0.4, -0.2) is 46.5 Å². The molecule has 5 nitrogen and oxygen atoms in total. The Morgan fingerprint density at radius 1 is 1.06 bits per heavy atom. The monoisotopic (exact) mass is 237 g/mol. The van der Waals surface area contributed by atoms with Crippen LogP contribution >= 0.6 is 0 Å². The molecule has 0 unspecified atom stereocenters. The molecule has 1 aliphatic rings. The Kier molecular flexibility index (Phi) is 4.28. The Hall–Kier alpha value is -1.20. The molecule has 1 aromatic rings. The number of aromatic nitrogens is 2. The molecule has 2 rings (SSSR count). The summed E-state index contributed by atoms with van der Waals surface area (Å²) in [6.45, 7) is 1.14. The van der Waals surface area contributed by atoms with Crippen molar-refractivity contribution >= 4 is 5.82 Å². The largest absolute Gasteiger partial charge is 0.395 e. The van der Waals surface area contributed by atoms with Crippen LogP contribution in [0.25, 0.3) is 0 Å². The normalized spacial score (nSPS) is 14.5. The third kappa shape index (κ3) is 2.73. The maximum Gasteiger partial charge on any atom is 0.135 e. The smallest absolute Gasteiger partial charge is 0.135 e. The lowest BCUT2D eigenvalue weighted by atomic mass is 9.96. The van der Waals surface area contributed by atoms with E-state index in [1.807, 2.05) is 4.90 Å². The zero-order valence-corrected chi connectivity index (χ0v) is 9.97. The molecular formula is C12H19N3O2. The maximum absolute atomic E-state index is 9.06. The fourth-order valence-electron chi connectivity index (χ4n) is 2.34. The van der Waals surface area contributed by atoms with Crippen LogP contribution in [-0.2, 0) is 12.8 Å². The summed E-state index contributed by atoms with van der Waals surface area (Å²) >= 11 is 0. The molecule has 1 aromatic heterocycles. The van der Waals surface area contributed by atoms with Gasteiger partial charge >= 0.3 is 0 Å². The van der Waals surface area contributed by atoms with Gasteiger partial charge in [0, 0.05) is 24.3 Å². The van der Waals surface area contributed by atoms with Crippen molar-refractivity contribution in [3.05, 3.63) is 17.6 Å². The van der Waals surface area contributed by atoms with Gasteiger partial charge in [0.15, 0.2) is 0 Å². The molecule has 1 heterocycles. The summed E-state index contributed by atoms with van der Waals surface area (Å²) in [7, 11) is 0. The highest BCUT2D eigenvalue weighted by molar-refractivity contribution is 5.49. The predicted octanol–water partition coefficient (Wildman–Crippen LogP) is 0.146. The van der Waals surface area contributed by atoms with Gasteiger partial charge in [0.05, 0.1) is 13.2 Å². The summed E-state index contributed by atoms with van der Waals surface area (Å²) in [4.78, 5) is 10.6. The second-order valence-corrected chi connectivity index (χ2v) is 4.26. The van der Waals surface area contributed by atoms with Gasteiger partial charge in [-0.1, -0.05) is 0 Å². The van der Waals surface area contributed by atoms with Crippen LogP contribution in [0.2, 0.25) is 0 Å². The number of aliphatic hydroxyl groups is 2. The molecule has 0 aromatic carbocycles. The van der Waals surface area contributed by atoms with Crippen LogP contribution in [0.15, 0.2) is 6.33 Å². The van der Waals surface area contributed by atoms with Gasteiger partial charge < -0.3 is 15.1 Å². The average molecular weight is 237 g/mol. The lowest BCUT2D eigenvalue weighted by Crippen LogP contribution is -2.32. The minimum atomic E-state index is 0.0682. The van der Waals surface area contributed by atoms with E-state index in [0.717, 1.165) is 24.4 Å². The molecule has 0 aliphatic heterocycles. The zero-order chi connectivity index (χ0) is 12.1. The van der Waals surface area contributed by atoms with Gasteiger partial charge in [-0.3, -0.25) is 0 Å². The first-order valence-corrected chi connectivity index (χ1v) is 6.16. The first-order valence-electron chi connectivity index (χ1n) is 6.16. The van der Waals surface area contributed by atoms with E-state index in [0.29, 0.717) is 13.1 Å². The van der Waals surface area contributed by atoms with Gasteiger partial charge in [-0.15, -0.1) is 0 Å². The Bertz CT molecular complexity index is 365. The SMILES string of the molecule is OCCN(CCO)c1ncnc2c1CCCC2. The molecule has 17 heavy (non-hydrogen) atoms. The summed E-state index contributed by atoms with van der Waals surface area (Å²) in [5, 5.41) is 18.1. The third-order valence-corrected chi connectivity index (χ3v) is 3.14. The van der Waals surface area contributed by atoms with Gasteiger partial charge in [-0.05, 0) is 25.7 Å². The van der Waals surface area contributed by atoms with Crippen LogP contribution in [0.5, 0.6) is 0 Å². The summed E-state index contributed by atoms with van der Waals surface area (Å²) in [5.74, 6) is 0.887. The van der Waals surface area contributed by atoms with Gasteiger partial charge in [-0.2, -0.15) is 0 Å². The summed E-state index contributed by atoms with van der Waals surface area (Å²) in [5.41, 5.74) is 2.32. The van der Waals surface area contributed by atoms with E-state index in [4.69, 9.17) is 10.2 Å². The molecule has 0 bridgehead atoms. The van der Waals surface area contributed by atoms with Crippen molar-refractivity contribution in [2.75, 3.05) is 31.2 Å². The molecule has 0 radical (unpaired) electrons. The highest BCUT2D eigenvalue weighted by atomic mass is 16.3. The van der Waals surface area contributed by atoms with E-state index in [9.17, 15) is 0 Å². The number of fused-ring (bicyclic) bond motifs is 1. The van der Waals surface area contributed by atoms with E-state index < -0.39 is 0 Å². The number of hydrogen-bond acceptors (Lipinski definition) is 5. The van der Waals surface area contributed by atoms with Gasteiger partial charge in [0.2, 0.25) is 0 Å². The van der Waals surface area contributed by atoms with E-state index in [1.54, 1.807) is 6.33 Å². The zero-order valence-electron chi connectivity index (χ0n) is 9.97. The van der Waals surface area contributed by atoms with Gasteiger partial charge in [-0.25, -0.2) is 9.97 Å². The fraction of sp³-hybridized carbons (Fsp3) is 0.667. The lowest BCUT2D eigenvalue weighted by molar-refractivity contribution is 0.280. The van der Waals surface area contributed by atoms with Crippen molar-refractivity contribution < 1.29 is 10.2 Å². The van der Waals surface area contributed by atoms with Crippen LogP contribution < -0.4 is 4.90 Å². The minimum absolute atomic E-state index is 0.0682. The van der Waals surface area contributed by atoms with Crippen LogP contribution in [0.4, 0.5) is 5.82 Å². The molecule has 0 fully saturated rings. The van der Waals surface area contributed by atoms with Crippen LogP contribution in [0.3, 0.4) is 0 Å². The van der Waals surface area contributed by atoms with Crippen molar-refractivity contribution in [2.45, 2.75) is 25.7 Å². The second-order valence-electron chi connectivity index (χ2n) is 4.26. The summed E-state index contributed by atoms with van der Waals surface area (Å²) in [6.07, 6.45) is 5.94. The highest BCUT2D eigenvalue weighted by Gasteiger charge is 2.19. The highest BCUT2D eigenvalue weighted by Crippen LogP contribution is 2.26. The predicted molar refractivity (Wildman–Crippen MR) is 65.1 cm³/mol. The quantitative estimate of drug-likeness (QED) is 0.762. The molecule has 0 amide bonds. The van der Waals surface area contributed by atoms with E-state index in [-0.39, 0.29) is 13.2 Å². The number of aryl methyl sites for hydroxylation is 1. The van der Waals surface area contributed by atoms with Crippen LogP contribution in [0, 0.1) is 0 Å². The number of hydrogen-bond donors (Lipinski definition) is 2. The number of anilines is 1. The first-order chi connectivity index (χ1) is 8.36. The van der Waals surface area contributed by atoms with E-state index in [2.05, 4.69) is 9.97 Å². The second kappa shape index (κ2) is 5.93. The van der Waals surface area contributed by atoms with Crippen molar-refractivity contribution in [3.63, 3.8) is 0 Å². The van der Waals surface area contributed by atoms with Crippen molar-refractivity contribution in [3.8, 4) is 0 Å². The van der Waals surface area contributed by atoms with Gasteiger partial charge in [0.25, 0.3) is 0 Å². The third-order valence-electron chi connectivity index (χ3n) is 3.14. The topological polar surface area (TPSA) is 69.5 Å². The Morgan fingerprint density at radius 2 is 1.76 bits per heavy atom. The van der Waals surface area contributed by atoms with E-state index >= 15 is 0 Å². The Morgan fingerprint density at radius 3 is 2.47 bits per heavy atom. The number of aliphatic hydroxyl groups excluding tert-OH is 2. The molecule has 94 valence electrons. The van der Waals surface area contributed by atoms with Crippen molar-refractivity contribution in [1.29, 1.82) is 0 Å². The standard InChI is InChI=1S/C12H19N3O2/c16-7-5-15(6-8-17)12-10-3-1-2-4-11(10)13-9-14-12/h9,16-17H,1-8H2. The molecular weight excluding hydrogens is 218 g/mol. The molecule has 1 aliphatic carbocycles. The van der Waals surface area contributed by atoms with Crippen LogP contribution in [0.1, 0.15) is 24.1 Å². The molecule has 5 heteroatoms. The summed E-state index contributed by atoms with van der Waals surface area (Å²) < 4.78 is 0. The number of nitrogens with zero attached hydrogens (tertiary/aromatic N) is 3. The maximum atomic E-state index is 9.06. The van der Waals surface area contributed by atoms with Crippen molar-refractivity contribution in [1.82, 2.24) is 9.97 Å². The molecule has 0 saturated carbocycles. The molecule has 0 atom stereocenters. The molecule has 0 saturated heterocycles. The number of rotatable bonds is 5. The first kappa shape index (κ1) is 12.3. The van der Waals surface area contributed by atoms with E-state index in [1.165, 1.54) is 18.4 Å². The lowest BCUT2D eigenvalue weighted by Gasteiger charge is -2.26. The fourth-order valence-corrected chi connectivity index (χ4v) is 2.34. The van der Waals surface area contributed by atoms with Crippen molar-refractivity contribution in [2.24, 2.45) is 0 Å². The molecule has 0 spiro atoms.